The van der Waals surface area contributed by atoms with Gasteiger partial charge in [-0.05, 0) is 18.8 Å². The predicted molar refractivity (Wildman–Crippen MR) is 46.8 cm³/mol. The first-order chi connectivity index (χ1) is 5.56. The van der Waals surface area contributed by atoms with Crippen molar-refractivity contribution in [3.05, 3.63) is 0 Å². The van der Waals surface area contributed by atoms with E-state index in [1.54, 1.807) is 0 Å². The highest BCUT2D eigenvalue weighted by atomic mass is 16.5. The Morgan fingerprint density at radius 2 is 2.25 bits per heavy atom. The molecule has 12 heavy (non-hydrogen) atoms. The molecule has 1 fully saturated rings. The summed E-state index contributed by atoms with van der Waals surface area (Å²) in [5.74, 6) is -0.153. The second-order valence-corrected chi connectivity index (χ2v) is 3.93. The van der Waals surface area contributed by atoms with Crippen LogP contribution in [0.2, 0.25) is 0 Å². The van der Waals surface area contributed by atoms with Gasteiger partial charge in [-0.15, -0.1) is 0 Å². The Kier molecular flexibility index (Phi) is 2.73. The molecule has 1 unspecified atom stereocenters. The van der Waals surface area contributed by atoms with Gasteiger partial charge in [-0.1, -0.05) is 13.8 Å². The Morgan fingerprint density at radius 3 is 2.67 bits per heavy atom. The van der Waals surface area contributed by atoms with Gasteiger partial charge >= 0.3 is 5.97 Å². The van der Waals surface area contributed by atoms with Crippen molar-refractivity contribution in [2.24, 2.45) is 5.41 Å². The maximum absolute atomic E-state index is 10.9. The molecule has 0 aromatic heterocycles. The third-order valence-electron chi connectivity index (χ3n) is 2.31. The van der Waals surface area contributed by atoms with Gasteiger partial charge in [0.05, 0.1) is 13.2 Å². The summed E-state index contributed by atoms with van der Waals surface area (Å²) in [7, 11) is 0. The van der Waals surface area contributed by atoms with Gasteiger partial charge < -0.3 is 10.1 Å². The summed E-state index contributed by atoms with van der Waals surface area (Å²) in [5, 5.41) is 3.16. The molecule has 70 valence electrons. The number of ether oxygens (including phenoxy) is 1. The van der Waals surface area contributed by atoms with Crippen molar-refractivity contribution in [3.63, 3.8) is 0 Å². The normalized spacial score (nSPS) is 25.1. The highest BCUT2D eigenvalue weighted by molar-refractivity contribution is 5.71. The van der Waals surface area contributed by atoms with E-state index < -0.39 is 0 Å². The molecule has 0 heterocycles. The molecule has 0 bridgehead atoms. The SMILES string of the molecule is CCOC(=O)CNC1CC1(C)C. The lowest BCUT2D eigenvalue weighted by molar-refractivity contribution is -0.142. The second-order valence-electron chi connectivity index (χ2n) is 3.93. The smallest absolute Gasteiger partial charge is 0.319 e. The minimum Gasteiger partial charge on any atom is -0.465 e. The monoisotopic (exact) mass is 171 g/mol. The van der Waals surface area contributed by atoms with E-state index in [4.69, 9.17) is 4.74 Å². The zero-order valence-electron chi connectivity index (χ0n) is 8.02. The lowest BCUT2D eigenvalue weighted by atomic mass is 10.2. The quantitative estimate of drug-likeness (QED) is 0.640. The molecule has 0 aromatic carbocycles. The molecule has 0 aliphatic heterocycles. The molecule has 1 N–H and O–H groups in total. The molecule has 3 heteroatoms. The Labute approximate surface area is 73.5 Å². The van der Waals surface area contributed by atoms with Crippen LogP contribution in [0.3, 0.4) is 0 Å². The number of hydrogen-bond donors (Lipinski definition) is 1. The Balaban J connectivity index is 2.07. The lowest BCUT2D eigenvalue weighted by Crippen LogP contribution is -2.28. The fraction of sp³-hybridized carbons (Fsp3) is 0.889. The van der Waals surface area contributed by atoms with Gasteiger partial charge in [-0.25, -0.2) is 0 Å². The molecule has 0 aromatic rings. The largest absolute Gasteiger partial charge is 0.465 e. The number of carbonyl (C=O) groups excluding carboxylic acids is 1. The van der Waals surface area contributed by atoms with Crippen molar-refractivity contribution >= 4 is 5.97 Å². The van der Waals surface area contributed by atoms with Crippen LogP contribution in [0.4, 0.5) is 0 Å². The molecule has 1 aliphatic carbocycles. The van der Waals surface area contributed by atoms with Gasteiger partial charge in [0.15, 0.2) is 0 Å². The summed E-state index contributed by atoms with van der Waals surface area (Å²) in [5.41, 5.74) is 0.381. The van der Waals surface area contributed by atoms with E-state index in [0.29, 0.717) is 24.6 Å². The minimum atomic E-state index is -0.153. The van der Waals surface area contributed by atoms with E-state index in [1.165, 1.54) is 0 Å². The molecule has 1 saturated carbocycles. The van der Waals surface area contributed by atoms with Crippen molar-refractivity contribution in [2.75, 3.05) is 13.2 Å². The Hall–Kier alpha value is -0.570. The van der Waals surface area contributed by atoms with Crippen molar-refractivity contribution < 1.29 is 9.53 Å². The first kappa shape index (κ1) is 9.52. The summed E-state index contributed by atoms with van der Waals surface area (Å²) in [4.78, 5) is 10.9. The van der Waals surface area contributed by atoms with E-state index >= 15 is 0 Å². The fourth-order valence-electron chi connectivity index (χ4n) is 1.23. The maximum Gasteiger partial charge on any atom is 0.319 e. The van der Waals surface area contributed by atoms with E-state index in [-0.39, 0.29) is 5.97 Å². The van der Waals surface area contributed by atoms with Gasteiger partial charge in [-0.3, -0.25) is 4.79 Å². The van der Waals surface area contributed by atoms with Crippen LogP contribution in [-0.2, 0) is 9.53 Å². The van der Waals surface area contributed by atoms with Crippen molar-refractivity contribution in [1.82, 2.24) is 5.32 Å². The van der Waals surface area contributed by atoms with Gasteiger partial charge in [0.2, 0.25) is 0 Å². The topological polar surface area (TPSA) is 38.3 Å². The summed E-state index contributed by atoms with van der Waals surface area (Å²) in [6.07, 6.45) is 1.16. The first-order valence-electron chi connectivity index (χ1n) is 4.45. The third kappa shape index (κ3) is 2.48. The Morgan fingerprint density at radius 1 is 1.67 bits per heavy atom. The zero-order chi connectivity index (χ0) is 9.19. The lowest BCUT2D eigenvalue weighted by Gasteiger charge is -2.05. The molecule has 1 rings (SSSR count). The van der Waals surface area contributed by atoms with Crippen LogP contribution in [0, 0.1) is 5.41 Å². The fourth-order valence-corrected chi connectivity index (χ4v) is 1.23. The predicted octanol–water partition coefficient (Wildman–Crippen LogP) is 0.938. The zero-order valence-corrected chi connectivity index (χ0v) is 8.02. The molecule has 1 atom stereocenters. The Bertz CT molecular complexity index is 177. The number of rotatable bonds is 4. The molecular weight excluding hydrogens is 154 g/mol. The highest BCUT2D eigenvalue weighted by Gasteiger charge is 2.45. The van der Waals surface area contributed by atoms with Crippen LogP contribution in [0.15, 0.2) is 0 Å². The van der Waals surface area contributed by atoms with Crippen LogP contribution < -0.4 is 5.32 Å². The number of esters is 1. The minimum absolute atomic E-state index is 0.153. The van der Waals surface area contributed by atoms with E-state index in [9.17, 15) is 4.79 Å². The average molecular weight is 171 g/mol. The van der Waals surface area contributed by atoms with Crippen LogP contribution in [0.1, 0.15) is 27.2 Å². The third-order valence-corrected chi connectivity index (χ3v) is 2.31. The summed E-state index contributed by atoms with van der Waals surface area (Å²) in [6.45, 7) is 7.01. The van der Waals surface area contributed by atoms with Gasteiger partial charge in [0, 0.05) is 6.04 Å². The molecule has 1 aliphatic rings. The summed E-state index contributed by atoms with van der Waals surface area (Å²) >= 11 is 0. The van der Waals surface area contributed by atoms with Crippen molar-refractivity contribution in [2.45, 2.75) is 33.2 Å². The second kappa shape index (κ2) is 3.44. The van der Waals surface area contributed by atoms with Crippen molar-refractivity contribution in [1.29, 1.82) is 0 Å². The number of hydrogen-bond acceptors (Lipinski definition) is 3. The number of nitrogens with one attached hydrogen (secondary N) is 1. The van der Waals surface area contributed by atoms with E-state index in [1.807, 2.05) is 6.92 Å². The van der Waals surface area contributed by atoms with Crippen LogP contribution in [0.5, 0.6) is 0 Å². The standard InChI is InChI=1S/C9H17NO2/c1-4-12-8(11)6-10-7-5-9(7,2)3/h7,10H,4-6H2,1-3H3. The molecule has 3 nitrogen and oxygen atoms in total. The molecular formula is C9H17NO2. The van der Waals surface area contributed by atoms with Crippen molar-refractivity contribution in [3.8, 4) is 0 Å². The van der Waals surface area contributed by atoms with Gasteiger partial charge in [-0.2, -0.15) is 0 Å². The van der Waals surface area contributed by atoms with E-state index in [0.717, 1.165) is 6.42 Å². The molecule has 0 spiro atoms. The van der Waals surface area contributed by atoms with Gasteiger partial charge in [0.25, 0.3) is 0 Å². The maximum atomic E-state index is 10.9. The molecule has 0 radical (unpaired) electrons. The van der Waals surface area contributed by atoms with Crippen LogP contribution >= 0.6 is 0 Å². The molecule has 0 saturated heterocycles. The summed E-state index contributed by atoms with van der Waals surface area (Å²) in [6, 6.07) is 0.502. The van der Waals surface area contributed by atoms with Crippen LogP contribution in [-0.4, -0.2) is 25.2 Å². The van der Waals surface area contributed by atoms with Gasteiger partial charge in [0.1, 0.15) is 0 Å². The first-order valence-corrected chi connectivity index (χ1v) is 4.45. The van der Waals surface area contributed by atoms with Crippen LogP contribution in [0.25, 0.3) is 0 Å². The average Bonchev–Trinajstić information content (AvgIpc) is 2.56. The van der Waals surface area contributed by atoms with E-state index in [2.05, 4.69) is 19.2 Å². The highest BCUT2D eigenvalue weighted by Crippen LogP contribution is 2.44. The number of carbonyl (C=O) groups is 1. The summed E-state index contributed by atoms with van der Waals surface area (Å²) < 4.78 is 4.79. The molecule has 0 amide bonds.